The molecule has 0 unspecified atom stereocenters. The lowest BCUT2D eigenvalue weighted by Gasteiger charge is -2.00. The van der Waals surface area contributed by atoms with Crippen LogP contribution >= 0.6 is 0 Å². The van der Waals surface area contributed by atoms with Crippen LogP contribution < -0.4 is 5.73 Å². The molecular formula is C14H11FN4O2. The first-order valence-electron chi connectivity index (χ1n) is 6.16. The van der Waals surface area contributed by atoms with E-state index in [4.69, 9.17) is 5.73 Å². The molecule has 0 radical (unpaired) electrons. The van der Waals surface area contributed by atoms with Gasteiger partial charge in [-0.15, -0.1) is 0 Å². The van der Waals surface area contributed by atoms with Crippen LogP contribution in [-0.2, 0) is 0 Å². The van der Waals surface area contributed by atoms with Crippen molar-refractivity contribution in [3.05, 3.63) is 58.0 Å². The van der Waals surface area contributed by atoms with Gasteiger partial charge in [0.15, 0.2) is 0 Å². The molecule has 3 rings (SSSR count). The zero-order chi connectivity index (χ0) is 15.1. The number of nitro groups is 1. The summed E-state index contributed by atoms with van der Waals surface area (Å²) in [6, 6.07) is 7.33. The quantitative estimate of drug-likeness (QED) is 0.579. The van der Waals surface area contributed by atoms with Crippen molar-refractivity contribution >= 4 is 17.2 Å². The van der Waals surface area contributed by atoms with Gasteiger partial charge in [-0.2, -0.15) is 4.39 Å². The lowest BCUT2D eigenvalue weighted by Crippen LogP contribution is -1.96. The summed E-state index contributed by atoms with van der Waals surface area (Å²) < 4.78 is 15.1. The topological polar surface area (TPSA) is 86.5 Å². The summed E-state index contributed by atoms with van der Waals surface area (Å²) in [5.74, 6) is -0.531. The maximum Gasteiger partial charge on any atom is 0.305 e. The van der Waals surface area contributed by atoms with Crippen LogP contribution in [0.1, 0.15) is 5.56 Å². The lowest BCUT2D eigenvalue weighted by molar-refractivity contribution is -0.387. The molecule has 2 heterocycles. The van der Waals surface area contributed by atoms with E-state index in [1.807, 2.05) is 19.1 Å². The summed E-state index contributed by atoms with van der Waals surface area (Å²) in [5.41, 5.74) is 7.83. The number of anilines is 1. The Labute approximate surface area is 118 Å². The fourth-order valence-electron chi connectivity index (χ4n) is 2.23. The van der Waals surface area contributed by atoms with E-state index in [1.165, 1.54) is 6.07 Å². The number of fused-ring (bicyclic) bond motifs is 1. The van der Waals surface area contributed by atoms with E-state index in [9.17, 15) is 14.5 Å². The molecule has 0 saturated heterocycles. The third kappa shape index (κ3) is 1.99. The van der Waals surface area contributed by atoms with Crippen molar-refractivity contribution in [2.75, 3.05) is 5.73 Å². The van der Waals surface area contributed by atoms with Gasteiger partial charge in [-0.25, -0.2) is 4.98 Å². The zero-order valence-electron chi connectivity index (χ0n) is 11.1. The number of nitrogens with two attached hydrogens (primary N) is 1. The second-order valence-corrected chi connectivity index (χ2v) is 4.65. The molecule has 21 heavy (non-hydrogen) atoms. The summed E-state index contributed by atoms with van der Waals surface area (Å²) >= 11 is 0. The van der Waals surface area contributed by atoms with Gasteiger partial charge in [0, 0.05) is 17.8 Å². The number of pyridine rings is 1. The second-order valence-electron chi connectivity index (χ2n) is 4.65. The average molecular weight is 286 g/mol. The van der Waals surface area contributed by atoms with Gasteiger partial charge < -0.3 is 5.73 Å². The number of imidazole rings is 1. The van der Waals surface area contributed by atoms with Gasteiger partial charge in [0.1, 0.15) is 17.2 Å². The highest BCUT2D eigenvalue weighted by Crippen LogP contribution is 2.30. The highest BCUT2D eigenvalue weighted by Gasteiger charge is 2.18. The highest BCUT2D eigenvalue weighted by molar-refractivity contribution is 5.77. The largest absolute Gasteiger partial charge is 0.383 e. The van der Waals surface area contributed by atoms with Crippen LogP contribution in [0.4, 0.5) is 15.9 Å². The predicted molar refractivity (Wildman–Crippen MR) is 76.4 cm³/mol. The van der Waals surface area contributed by atoms with E-state index in [2.05, 4.69) is 4.98 Å². The number of aryl methyl sites for hydroxylation is 1. The van der Waals surface area contributed by atoms with Gasteiger partial charge in [-0.05, 0) is 30.7 Å². The SMILES string of the molecule is Cc1cccn2c(N)c(-c3ccc(F)c([N+](=O)[O-])c3)nc12. The first kappa shape index (κ1) is 13.0. The van der Waals surface area contributed by atoms with Crippen LogP contribution in [0.5, 0.6) is 0 Å². The molecule has 7 heteroatoms. The van der Waals surface area contributed by atoms with Crippen molar-refractivity contribution < 1.29 is 9.31 Å². The highest BCUT2D eigenvalue weighted by atomic mass is 19.1. The normalized spacial score (nSPS) is 11.0. The Hall–Kier alpha value is -2.96. The van der Waals surface area contributed by atoms with E-state index < -0.39 is 16.4 Å². The number of rotatable bonds is 2. The van der Waals surface area contributed by atoms with E-state index in [0.717, 1.165) is 17.7 Å². The zero-order valence-corrected chi connectivity index (χ0v) is 11.1. The molecule has 0 aliphatic carbocycles. The molecule has 0 aliphatic heterocycles. The number of nitrogen functional groups attached to an aromatic ring is 1. The second kappa shape index (κ2) is 4.55. The first-order chi connectivity index (χ1) is 9.99. The van der Waals surface area contributed by atoms with Crippen LogP contribution in [-0.4, -0.2) is 14.3 Å². The summed E-state index contributed by atoms with van der Waals surface area (Å²) in [6.07, 6.45) is 1.76. The summed E-state index contributed by atoms with van der Waals surface area (Å²) in [4.78, 5) is 14.5. The van der Waals surface area contributed by atoms with E-state index >= 15 is 0 Å². The number of hydrogen-bond acceptors (Lipinski definition) is 4. The van der Waals surface area contributed by atoms with Gasteiger partial charge in [-0.1, -0.05) is 6.07 Å². The van der Waals surface area contributed by atoms with Crippen molar-refractivity contribution in [1.82, 2.24) is 9.38 Å². The first-order valence-corrected chi connectivity index (χ1v) is 6.16. The van der Waals surface area contributed by atoms with Gasteiger partial charge in [0.2, 0.25) is 5.82 Å². The van der Waals surface area contributed by atoms with Crippen molar-refractivity contribution in [3.63, 3.8) is 0 Å². The monoisotopic (exact) mass is 286 g/mol. The van der Waals surface area contributed by atoms with Crippen molar-refractivity contribution in [2.45, 2.75) is 6.92 Å². The van der Waals surface area contributed by atoms with Gasteiger partial charge in [-0.3, -0.25) is 14.5 Å². The average Bonchev–Trinajstić information content (AvgIpc) is 2.78. The molecule has 0 bridgehead atoms. The number of benzene rings is 1. The van der Waals surface area contributed by atoms with Gasteiger partial charge >= 0.3 is 5.69 Å². The molecule has 0 amide bonds. The predicted octanol–water partition coefficient (Wildman–Crippen LogP) is 2.94. The minimum atomic E-state index is -0.887. The minimum Gasteiger partial charge on any atom is -0.383 e. The third-order valence-corrected chi connectivity index (χ3v) is 3.30. The third-order valence-electron chi connectivity index (χ3n) is 3.30. The molecule has 6 nitrogen and oxygen atoms in total. The summed E-state index contributed by atoms with van der Waals surface area (Å²) in [6.45, 7) is 1.89. The molecule has 2 aromatic heterocycles. The molecule has 3 aromatic rings. The number of aromatic nitrogens is 2. The number of nitro benzene ring substituents is 1. The molecule has 106 valence electrons. The summed E-state index contributed by atoms with van der Waals surface area (Å²) in [7, 11) is 0. The fourth-order valence-corrected chi connectivity index (χ4v) is 2.23. The van der Waals surface area contributed by atoms with Crippen LogP contribution in [0.2, 0.25) is 0 Å². The van der Waals surface area contributed by atoms with Crippen LogP contribution in [0.25, 0.3) is 16.9 Å². The maximum atomic E-state index is 13.4. The number of halogens is 1. The molecule has 2 N–H and O–H groups in total. The Morgan fingerprint density at radius 2 is 2.14 bits per heavy atom. The molecule has 0 atom stereocenters. The molecule has 0 aliphatic rings. The fraction of sp³-hybridized carbons (Fsp3) is 0.0714. The maximum absolute atomic E-state index is 13.4. The smallest absolute Gasteiger partial charge is 0.305 e. The van der Waals surface area contributed by atoms with Crippen LogP contribution in [0, 0.1) is 22.9 Å². The van der Waals surface area contributed by atoms with Crippen LogP contribution in [0.3, 0.4) is 0 Å². The molecule has 0 saturated carbocycles. The number of nitrogens with zero attached hydrogens (tertiary/aromatic N) is 3. The Morgan fingerprint density at radius 1 is 1.38 bits per heavy atom. The Morgan fingerprint density at radius 3 is 2.81 bits per heavy atom. The Kier molecular flexibility index (Phi) is 2.83. The van der Waals surface area contributed by atoms with E-state index in [-0.39, 0.29) is 0 Å². The molecule has 1 aromatic carbocycles. The standard InChI is InChI=1S/C14H11FN4O2/c1-8-3-2-6-18-13(16)12(17-14(8)18)9-4-5-10(15)11(7-9)19(20)21/h2-7H,16H2,1H3. The Balaban J connectivity index is 2.26. The Bertz CT molecular complexity index is 873. The van der Waals surface area contributed by atoms with Crippen molar-refractivity contribution in [3.8, 4) is 11.3 Å². The van der Waals surface area contributed by atoms with Gasteiger partial charge in [0.25, 0.3) is 0 Å². The summed E-state index contributed by atoms with van der Waals surface area (Å²) in [5, 5.41) is 10.8. The van der Waals surface area contributed by atoms with Gasteiger partial charge in [0.05, 0.1) is 4.92 Å². The van der Waals surface area contributed by atoms with Crippen LogP contribution in [0.15, 0.2) is 36.5 Å². The molecule has 0 spiro atoms. The van der Waals surface area contributed by atoms with E-state index in [0.29, 0.717) is 22.7 Å². The molecular weight excluding hydrogens is 275 g/mol. The van der Waals surface area contributed by atoms with Crippen molar-refractivity contribution in [2.24, 2.45) is 0 Å². The molecule has 0 fully saturated rings. The van der Waals surface area contributed by atoms with Crippen molar-refractivity contribution in [1.29, 1.82) is 0 Å². The number of hydrogen-bond donors (Lipinski definition) is 1. The van der Waals surface area contributed by atoms with E-state index in [1.54, 1.807) is 10.6 Å². The minimum absolute atomic E-state index is 0.356. The lowest BCUT2D eigenvalue weighted by atomic mass is 10.1.